The molecule has 0 spiro atoms. The van der Waals surface area contributed by atoms with Crippen LogP contribution in [0.15, 0.2) is 4.99 Å². The van der Waals surface area contributed by atoms with Crippen molar-refractivity contribution in [3.63, 3.8) is 0 Å². The van der Waals surface area contributed by atoms with Crippen LogP contribution in [0.3, 0.4) is 0 Å². The number of aliphatic imine (C=N–C) groups is 1. The Morgan fingerprint density at radius 3 is 2.19 bits per heavy atom. The van der Waals surface area contributed by atoms with Crippen molar-refractivity contribution in [3.8, 4) is 0 Å². The standard InChI is InChI=1S/C24H46N6O/c1-2-25-24(26-12-9-16-28-14-7-3-4-8-15-28)27-13-17-29-18-20-30(21-19-29)23(31)22-10-5-6-11-22/h22H,2-21H2,1H3,(H2,25,26,27). The third-order valence-electron chi connectivity index (χ3n) is 7.05. The molecule has 3 rings (SSSR count). The Morgan fingerprint density at radius 2 is 1.52 bits per heavy atom. The number of piperazine rings is 1. The minimum absolute atomic E-state index is 0.312. The Morgan fingerprint density at radius 1 is 0.839 bits per heavy atom. The summed E-state index contributed by atoms with van der Waals surface area (Å²) in [7, 11) is 0. The molecule has 2 aliphatic heterocycles. The molecule has 3 fully saturated rings. The van der Waals surface area contributed by atoms with Gasteiger partial charge in [-0.1, -0.05) is 25.7 Å². The van der Waals surface area contributed by atoms with Crippen LogP contribution in [0.25, 0.3) is 0 Å². The van der Waals surface area contributed by atoms with Crippen LogP contribution in [0, 0.1) is 5.92 Å². The van der Waals surface area contributed by atoms with Gasteiger partial charge < -0.3 is 20.4 Å². The highest BCUT2D eigenvalue weighted by Crippen LogP contribution is 2.26. The molecule has 0 aromatic heterocycles. The maximum Gasteiger partial charge on any atom is 0.225 e. The van der Waals surface area contributed by atoms with E-state index in [1.807, 2.05) is 0 Å². The normalized spacial score (nSPS) is 22.5. The Hall–Kier alpha value is -1.34. The Labute approximate surface area is 190 Å². The first-order valence-electron chi connectivity index (χ1n) is 13.0. The van der Waals surface area contributed by atoms with E-state index >= 15 is 0 Å². The highest BCUT2D eigenvalue weighted by atomic mass is 16.2. The second-order valence-electron chi connectivity index (χ2n) is 9.45. The minimum atomic E-state index is 0.312. The Bertz CT molecular complexity index is 532. The van der Waals surface area contributed by atoms with E-state index in [0.29, 0.717) is 11.8 Å². The summed E-state index contributed by atoms with van der Waals surface area (Å²) in [6.07, 6.45) is 11.3. The van der Waals surface area contributed by atoms with Crippen LogP contribution < -0.4 is 10.6 Å². The van der Waals surface area contributed by atoms with E-state index in [9.17, 15) is 4.79 Å². The maximum absolute atomic E-state index is 12.6. The highest BCUT2D eigenvalue weighted by molar-refractivity contribution is 5.80. The van der Waals surface area contributed by atoms with Crippen LogP contribution in [0.5, 0.6) is 0 Å². The van der Waals surface area contributed by atoms with E-state index in [0.717, 1.165) is 77.6 Å². The lowest BCUT2D eigenvalue weighted by atomic mass is 10.1. The van der Waals surface area contributed by atoms with Gasteiger partial charge in [0.05, 0.1) is 0 Å². The summed E-state index contributed by atoms with van der Waals surface area (Å²) in [4.78, 5) is 24.6. The SMILES string of the molecule is CCNC(=NCCCN1CCCCCC1)NCCN1CCN(C(=O)C2CCCC2)CC1. The zero-order chi connectivity index (χ0) is 21.7. The summed E-state index contributed by atoms with van der Waals surface area (Å²) in [6.45, 7) is 13.3. The first-order chi connectivity index (χ1) is 15.3. The van der Waals surface area contributed by atoms with Gasteiger partial charge in [0, 0.05) is 58.3 Å². The van der Waals surface area contributed by atoms with Crippen LogP contribution in [0.4, 0.5) is 0 Å². The molecule has 31 heavy (non-hydrogen) atoms. The Kier molecular flexibility index (Phi) is 10.9. The van der Waals surface area contributed by atoms with E-state index in [4.69, 9.17) is 4.99 Å². The van der Waals surface area contributed by atoms with Gasteiger partial charge in [0.2, 0.25) is 5.91 Å². The second kappa shape index (κ2) is 13.9. The molecule has 1 amide bonds. The zero-order valence-corrected chi connectivity index (χ0v) is 19.9. The molecule has 2 saturated heterocycles. The van der Waals surface area contributed by atoms with E-state index in [2.05, 4.69) is 32.3 Å². The predicted molar refractivity (Wildman–Crippen MR) is 128 cm³/mol. The topological polar surface area (TPSA) is 63.2 Å². The molecule has 0 aromatic rings. The van der Waals surface area contributed by atoms with Crippen molar-refractivity contribution >= 4 is 11.9 Å². The number of carbonyl (C=O) groups excluding carboxylic acids is 1. The van der Waals surface area contributed by atoms with E-state index in [1.54, 1.807) is 0 Å². The van der Waals surface area contributed by atoms with Gasteiger partial charge in [-0.25, -0.2) is 0 Å². The van der Waals surface area contributed by atoms with Crippen LogP contribution in [0.1, 0.15) is 64.7 Å². The number of guanidine groups is 1. The average Bonchev–Trinajstić information content (AvgIpc) is 3.21. The fraction of sp³-hybridized carbons (Fsp3) is 0.917. The molecule has 3 aliphatic rings. The first-order valence-corrected chi connectivity index (χ1v) is 13.0. The highest BCUT2D eigenvalue weighted by Gasteiger charge is 2.29. The molecule has 7 heteroatoms. The smallest absolute Gasteiger partial charge is 0.225 e. The predicted octanol–water partition coefficient (Wildman–Crippen LogP) is 2.14. The fourth-order valence-electron chi connectivity index (χ4n) is 5.14. The molecule has 1 saturated carbocycles. The van der Waals surface area contributed by atoms with Crippen molar-refractivity contribution in [2.45, 2.75) is 64.7 Å². The molecule has 178 valence electrons. The van der Waals surface area contributed by atoms with Crippen LogP contribution in [0.2, 0.25) is 0 Å². The molecule has 2 N–H and O–H groups in total. The molecule has 0 radical (unpaired) electrons. The minimum Gasteiger partial charge on any atom is -0.357 e. The quantitative estimate of drug-likeness (QED) is 0.331. The van der Waals surface area contributed by atoms with Crippen LogP contribution in [-0.2, 0) is 4.79 Å². The summed E-state index contributed by atoms with van der Waals surface area (Å²) in [6, 6.07) is 0. The van der Waals surface area contributed by atoms with Crippen molar-refractivity contribution < 1.29 is 4.79 Å². The van der Waals surface area contributed by atoms with Gasteiger partial charge in [0.15, 0.2) is 5.96 Å². The van der Waals surface area contributed by atoms with Gasteiger partial charge in [-0.15, -0.1) is 0 Å². The van der Waals surface area contributed by atoms with Crippen molar-refractivity contribution in [3.05, 3.63) is 0 Å². The number of hydrogen-bond acceptors (Lipinski definition) is 4. The molecular formula is C24H46N6O. The number of nitrogens with one attached hydrogen (secondary N) is 2. The van der Waals surface area contributed by atoms with Crippen molar-refractivity contribution in [2.75, 3.05) is 72.0 Å². The zero-order valence-electron chi connectivity index (χ0n) is 19.9. The van der Waals surface area contributed by atoms with Gasteiger partial charge >= 0.3 is 0 Å². The van der Waals surface area contributed by atoms with Crippen molar-refractivity contribution in [1.29, 1.82) is 0 Å². The molecule has 7 nitrogen and oxygen atoms in total. The maximum atomic E-state index is 12.6. The Balaban J connectivity index is 1.29. The number of hydrogen-bond donors (Lipinski definition) is 2. The molecule has 0 atom stereocenters. The number of carbonyl (C=O) groups is 1. The summed E-state index contributed by atoms with van der Waals surface area (Å²) in [5, 5.41) is 6.87. The van der Waals surface area contributed by atoms with Gasteiger partial charge in [0.25, 0.3) is 0 Å². The lowest BCUT2D eigenvalue weighted by molar-refractivity contribution is -0.137. The van der Waals surface area contributed by atoms with E-state index in [-0.39, 0.29) is 0 Å². The van der Waals surface area contributed by atoms with Crippen LogP contribution >= 0.6 is 0 Å². The summed E-state index contributed by atoms with van der Waals surface area (Å²) >= 11 is 0. The number of nitrogens with zero attached hydrogens (tertiary/aromatic N) is 4. The second-order valence-corrected chi connectivity index (χ2v) is 9.45. The monoisotopic (exact) mass is 434 g/mol. The summed E-state index contributed by atoms with van der Waals surface area (Å²) < 4.78 is 0. The number of rotatable bonds is 9. The molecule has 0 unspecified atom stereocenters. The molecule has 0 bridgehead atoms. The summed E-state index contributed by atoms with van der Waals surface area (Å²) in [5.74, 6) is 1.66. The fourth-order valence-corrected chi connectivity index (χ4v) is 5.14. The molecule has 0 aromatic carbocycles. The molecular weight excluding hydrogens is 388 g/mol. The lowest BCUT2D eigenvalue weighted by Crippen LogP contribution is -2.51. The van der Waals surface area contributed by atoms with Gasteiger partial charge in [-0.3, -0.25) is 14.7 Å². The van der Waals surface area contributed by atoms with Gasteiger partial charge in [0.1, 0.15) is 0 Å². The van der Waals surface area contributed by atoms with Crippen molar-refractivity contribution in [1.82, 2.24) is 25.3 Å². The van der Waals surface area contributed by atoms with Crippen LogP contribution in [-0.4, -0.2) is 98.6 Å². The van der Waals surface area contributed by atoms with Gasteiger partial charge in [-0.05, 0) is 58.7 Å². The van der Waals surface area contributed by atoms with E-state index in [1.165, 1.54) is 58.2 Å². The summed E-state index contributed by atoms with van der Waals surface area (Å²) in [5.41, 5.74) is 0. The lowest BCUT2D eigenvalue weighted by Gasteiger charge is -2.36. The third kappa shape index (κ3) is 8.60. The average molecular weight is 435 g/mol. The van der Waals surface area contributed by atoms with Crippen molar-refractivity contribution in [2.24, 2.45) is 10.9 Å². The molecule has 1 aliphatic carbocycles. The largest absolute Gasteiger partial charge is 0.357 e. The molecule has 2 heterocycles. The first kappa shape index (κ1) is 24.3. The van der Waals surface area contributed by atoms with Gasteiger partial charge in [-0.2, -0.15) is 0 Å². The van der Waals surface area contributed by atoms with E-state index < -0.39 is 0 Å². The number of amides is 1. The third-order valence-corrected chi connectivity index (χ3v) is 7.05. The number of likely N-dealkylation sites (tertiary alicyclic amines) is 1.